The maximum absolute atomic E-state index is 3.42. The zero-order valence-electron chi connectivity index (χ0n) is 11.3. The lowest BCUT2D eigenvalue weighted by Crippen LogP contribution is -2.30. The van der Waals surface area contributed by atoms with Crippen LogP contribution in [0, 0.1) is 0 Å². The van der Waals surface area contributed by atoms with E-state index in [-0.39, 0.29) is 0 Å². The van der Waals surface area contributed by atoms with Crippen LogP contribution in [-0.2, 0) is 13.1 Å². The number of alkyl halides is 2. The quantitative estimate of drug-likeness (QED) is 0.321. The minimum absolute atomic E-state index is 1.05. The molecule has 1 rings (SSSR count). The van der Waals surface area contributed by atoms with Gasteiger partial charge in [0.25, 0.3) is 0 Å². The number of hydrogen-bond donors (Lipinski definition) is 0. The van der Waals surface area contributed by atoms with Gasteiger partial charge in [-0.25, -0.2) is 9.13 Å². The van der Waals surface area contributed by atoms with E-state index in [0.29, 0.717) is 0 Å². The summed E-state index contributed by atoms with van der Waals surface area (Å²) in [5.41, 5.74) is 0. The molecule has 0 bridgehead atoms. The van der Waals surface area contributed by atoms with Crippen molar-refractivity contribution in [2.45, 2.75) is 38.8 Å². The Balaban J connectivity index is 2.20. The summed E-state index contributed by atoms with van der Waals surface area (Å²) >= 11 is 6.84. The van der Waals surface area contributed by atoms with Gasteiger partial charge in [0.05, 0.1) is 13.1 Å². The van der Waals surface area contributed by atoms with Crippen molar-refractivity contribution in [1.29, 1.82) is 0 Å². The van der Waals surface area contributed by atoms with E-state index >= 15 is 0 Å². The van der Waals surface area contributed by atoms with E-state index in [2.05, 4.69) is 84.0 Å². The summed E-state index contributed by atoms with van der Waals surface area (Å²) in [6.07, 6.45) is 19.9. The van der Waals surface area contributed by atoms with Gasteiger partial charge in [0.2, 0.25) is 6.33 Å². The molecule has 0 spiro atoms. The highest BCUT2D eigenvalue weighted by Gasteiger charge is 2.01. The SMILES string of the molecule is BrCCC=CCCn1cc[n+](CCC=CCCBr)c1. The predicted octanol–water partition coefficient (Wildman–Crippen LogP) is 4.24. The van der Waals surface area contributed by atoms with Crippen LogP contribution in [0.5, 0.6) is 0 Å². The summed E-state index contributed by atoms with van der Waals surface area (Å²) in [5, 5.41) is 2.10. The van der Waals surface area contributed by atoms with E-state index in [1.807, 2.05) is 0 Å². The third-order valence-electron chi connectivity index (χ3n) is 2.74. The Bertz CT molecular complexity index is 349. The van der Waals surface area contributed by atoms with Gasteiger partial charge in [0.15, 0.2) is 0 Å². The van der Waals surface area contributed by atoms with E-state index in [9.17, 15) is 0 Å². The summed E-state index contributed by atoms with van der Waals surface area (Å²) in [5.74, 6) is 0. The summed E-state index contributed by atoms with van der Waals surface area (Å²) < 4.78 is 4.50. The van der Waals surface area contributed by atoms with E-state index in [4.69, 9.17) is 0 Å². The minimum atomic E-state index is 1.05. The Hall–Kier alpha value is -0.350. The predicted molar refractivity (Wildman–Crippen MR) is 89.0 cm³/mol. The van der Waals surface area contributed by atoms with E-state index in [0.717, 1.165) is 49.4 Å². The fraction of sp³-hybridized carbons (Fsp3) is 0.533. The Morgan fingerprint density at radius 1 is 0.895 bits per heavy atom. The summed E-state index contributed by atoms with van der Waals surface area (Å²) in [6.45, 7) is 2.12. The first kappa shape index (κ1) is 16.7. The van der Waals surface area contributed by atoms with Gasteiger partial charge in [-0.1, -0.05) is 56.2 Å². The monoisotopic (exact) mass is 389 g/mol. The molecule has 0 aliphatic rings. The van der Waals surface area contributed by atoms with Crippen molar-refractivity contribution < 1.29 is 4.57 Å². The summed E-state index contributed by atoms with van der Waals surface area (Å²) in [6, 6.07) is 0. The van der Waals surface area contributed by atoms with Gasteiger partial charge in [-0.2, -0.15) is 0 Å². The molecule has 0 radical (unpaired) electrons. The number of imidazole rings is 1. The number of hydrogen-bond acceptors (Lipinski definition) is 0. The fourth-order valence-electron chi connectivity index (χ4n) is 1.75. The molecule has 0 N–H and O–H groups in total. The lowest BCUT2D eigenvalue weighted by atomic mass is 10.3. The molecule has 0 aliphatic heterocycles. The second-order valence-electron chi connectivity index (χ2n) is 4.36. The molecule has 0 unspecified atom stereocenters. The van der Waals surface area contributed by atoms with E-state index < -0.39 is 0 Å². The van der Waals surface area contributed by atoms with Gasteiger partial charge in [-0.05, 0) is 12.8 Å². The van der Waals surface area contributed by atoms with Crippen LogP contribution in [-0.4, -0.2) is 15.2 Å². The highest BCUT2D eigenvalue weighted by atomic mass is 79.9. The molecule has 0 atom stereocenters. The molecule has 0 aliphatic carbocycles. The molecule has 0 amide bonds. The lowest BCUT2D eigenvalue weighted by molar-refractivity contribution is -0.695. The van der Waals surface area contributed by atoms with Crippen molar-refractivity contribution in [1.82, 2.24) is 4.57 Å². The van der Waals surface area contributed by atoms with Crippen molar-refractivity contribution >= 4 is 31.9 Å². The topological polar surface area (TPSA) is 8.81 Å². The fourth-order valence-corrected chi connectivity index (χ4v) is 2.28. The first-order chi connectivity index (χ1) is 9.36. The molecular formula is C15H23Br2N2+. The molecule has 106 valence electrons. The normalized spacial score (nSPS) is 11.9. The first-order valence-electron chi connectivity index (χ1n) is 6.83. The van der Waals surface area contributed by atoms with Gasteiger partial charge in [-0.3, -0.25) is 0 Å². The summed E-state index contributed by atoms with van der Waals surface area (Å²) in [7, 11) is 0. The second-order valence-corrected chi connectivity index (χ2v) is 5.95. The van der Waals surface area contributed by atoms with Crippen molar-refractivity contribution in [2.24, 2.45) is 0 Å². The molecule has 1 heterocycles. The van der Waals surface area contributed by atoms with Crippen molar-refractivity contribution in [3.05, 3.63) is 43.0 Å². The van der Waals surface area contributed by atoms with Crippen LogP contribution in [0.2, 0.25) is 0 Å². The van der Waals surface area contributed by atoms with E-state index in [1.165, 1.54) is 0 Å². The molecule has 1 aromatic heterocycles. The molecule has 0 saturated heterocycles. The van der Waals surface area contributed by atoms with Crippen molar-refractivity contribution in [3.8, 4) is 0 Å². The lowest BCUT2D eigenvalue weighted by Gasteiger charge is -1.93. The largest absolute Gasteiger partial charge is 0.243 e. The molecule has 2 nitrogen and oxygen atoms in total. The molecular weight excluding hydrogens is 368 g/mol. The number of halogens is 2. The number of allylic oxidation sites excluding steroid dienone is 4. The third kappa shape index (κ3) is 8.43. The van der Waals surface area contributed by atoms with Crippen molar-refractivity contribution in [2.75, 3.05) is 10.7 Å². The molecule has 0 fully saturated rings. The van der Waals surface area contributed by atoms with Crippen LogP contribution in [0.25, 0.3) is 0 Å². The van der Waals surface area contributed by atoms with Crippen LogP contribution >= 0.6 is 31.9 Å². The van der Waals surface area contributed by atoms with Crippen molar-refractivity contribution in [3.63, 3.8) is 0 Å². The van der Waals surface area contributed by atoms with Gasteiger partial charge in [0, 0.05) is 23.5 Å². The Kier molecular flexibility index (Phi) is 10.1. The minimum Gasteiger partial charge on any atom is -0.237 e. The van der Waals surface area contributed by atoms with E-state index in [1.54, 1.807) is 0 Å². The first-order valence-corrected chi connectivity index (χ1v) is 9.08. The van der Waals surface area contributed by atoms with Gasteiger partial charge in [-0.15, -0.1) is 0 Å². The highest BCUT2D eigenvalue weighted by molar-refractivity contribution is 9.09. The Labute approximate surface area is 133 Å². The average Bonchev–Trinajstić information content (AvgIpc) is 2.86. The maximum atomic E-state index is 3.42. The van der Waals surface area contributed by atoms with Crippen LogP contribution in [0.1, 0.15) is 25.7 Å². The Morgan fingerprint density at radius 3 is 2.21 bits per heavy atom. The second kappa shape index (κ2) is 11.5. The Morgan fingerprint density at radius 2 is 1.53 bits per heavy atom. The van der Waals surface area contributed by atoms with Gasteiger partial charge in [0.1, 0.15) is 12.4 Å². The van der Waals surface area contributed by atoms with Crippen LogP contribution in [0.3, 0.4) is 0 Å². The van der Waals surface area contributed by atoms with Gasteiger partial charge < -0.3 is 0 Å². The number of rotatable bonds is 10. The van der Waals surface area contributed by atoms with Crippen LogP contribution in [0.15, 0.2) is 43.0 Å². The molecule has 4 heteroatoms. The molecule has 1 aromatic rings. The van der Waals surface area contributed by atoms with Crippen LogP contribution in [0.4, 0.5) is 0 Å². The van der Waals surface area contributed by atoms with Crippen LogP contribution < -0.4 is 4.57 Å². The smallest absolute Gasteiger partial charge is 0.237 e. The average molecular weight is 391 g/mol. The molecule has 0 saturated carbocycles. The number of aromatic nitrogens is 2. The number of nitrogens with zero attached hydrogens (tertiary/aromatic N) is 2. The van der Waals surface area contributed by atoms with Gasteiger partial charge >= 0.3 is 0 Å². The zero-order valence-corrected chi connectivity index (χ0v) is 14.5. The molecule has 19 heavy (non-hydrogen) atoms. The standard InChI is InChI=1S/C15H23Br2N2/c16-9-5-1-3-7-11-18-13-14-19(15-18)12-8-4-2-6-10-17/h1-4,13-15H,5-12H2/q+1. The number of aryl methyl sites for hydroxylation is 2. The highest BCUT2D eigenvalue weighted by Crippen LogP contribution is 1.96. The summed E-state index contributed by atoms with van der Waals surface area (Å²) in [4.78, 5) is 0. The zero-order chi connectivity index (χ0) is 13.8. The molecule has 0 aromatic carbocycles. The maximum Gasteiger partial charge on any atom is 0.243 e. The third-order valence-corrected chi connectivity index (χ3v) is 3.65.